The third kappa shape index (κ3) is 12.4. The fourth-order valence-electron chi connectivity index (χ4n) is 5.82. The first-order chi connectivity index (χ1) is 21.1. The summed E-state index contributed by atoms with van der Waals surface area (Å²) in [7, 11) is 1.74. The lowest BCUT2D eigenvalue weighted by atomic mass is 9.83. The second-order valence-corrected chi connectivity index (χ2v) is 12.0. The number of nitrogens with one attached hydrogen (secondary N) is 2. The molecule has 1 aliphatic rings. The van der Waals surface area contributed by atoms with Crippen molar-refractivity contribution in [1.82, 2.24) is 20.4 Å². The van der Waals surface area contributed by atoms with Gasteiger partial charge in [-0.1, -0.05) is 82.4 Å². The Bertz CT molecular complexity index is 1060. The molecule has 0 aliphatic heterocycles. The number of aliphatic hydroxyl groups is 2. The van der Waals surface area contributed by atoms with Crippen molar-refractivity contribution in [2.75, 3.05) is 33.2 Å². The van der Waals surface area contributed by atoms with E-state index in [1.807, 2.05) is 30.3 Å². The minimum Gasteiger partial charge on any atom is -0.388 e. The summed E-state index contributed by atoms with van der Waals surface area (Å²) >= 11 is 0. The molecule has 1 aromatic rings. The molecule has 44 heavy (non-hydrogen) atoms. The van der Waals surface area contributed by atoms with E-state index in [2.05, 4.69) is 41.9 Å². The second kappa shape index (κ2) is 20.0. The van der Waals surface area contributed by atoms with Gasteiger partial charge in [-0.2, -0.15) is 0 Å². The second-order valence-electron chi connectivity index (χ2n) is 12.0. The van der Waals surface area contributed by atoms with Crippen molar-refractivity contribution in [3.63, 3.8) is 0 Å². The predicted molar refractivity (Wildman–Crippen MR) is 174 cm³/mol. The molecular weight excluding hydrogens is 556 g/mol. The summed E-state index contributed by atoms with van der Waals surface area (Å²) in [5, 5.41) is 26.8. The molecule has 5 atom stereocenters. The monoisotopic (exact) mass is 610 g/mol. The van der Waals surface area contributed by atoms with Crippen molar-refractivity contribution in [3.8, 4) is 12.3 Å². The molecule has 9 nitrogen and oxygen atoms in total. The van der Waals surface area contributed by atoms with Gasteiger partial charge in [0.05, 0.1) is 18.1 Å². The van der Waals surface area contributed by atoms with E-state index < -0.39 is 42.0 Å². The summed E-state index contributed by atoms with van der Waals surface area (Å²) in [4.78, 5) is 44.4. The van der Waals surface area contributed by atoms with Gasteiger partial charge in [-0.3, -0.25) is 14.4 Å². The lowest BCUT2D eigenvalue weighted by Crippen LogP contribution is -2.55. The highest BCUT2D eigenvalue weighted by atomic mass is 16.3. The van der Waals surface area contributed by atoms with E-state index in [-0.39, 0.29) is 18.7 Å². The average molecular weight is 611 g/mol. The molecule has 0 radical (unpaired) electrons. The van der Waals surface area contributed by atoms with Crippen LogP contribution in [0.1, 0.15) is 70.8 Å². The van der Waals surface area contributed by atoms with Crippen LogP contribution in [0.25, 0.3) is 0 Å². The highest BCUT2D eigenvalue weighted by molar-refractivity contribution is 5.91. The Morgan fingerprint density at radius 1 is 1.05 bits per heavy atom. The van der Waals surface area contributed by atoms with Crippen molar-refractivity contribution in [1.29, 1.82) is 0 Å². The Morgan fingerprint density at radius 3 is 2.30 bits per heavy atom. The summed E-state index contributed by atoms with van der Waals surface area (Å²) in [6, 6.07) is 7.66. The number of terminal acetylenes is 1. The first-order valence-electron chi connectivity index (χ1n) is 16.2. The minimum absolute atomic E-state index is 0.0194. The Balaban J connectivity index is 2.19. The molecule has 1 saturated carbocycles. The van der Waals surface area contributed by atoms with E-state index in [4.69, 9.17) is 6.42 Å². The number of aliphatic hydroxyl groups excluding tert-OH is 2. The molecule has 0 heterocycles. The molecule has 244 valence electrons. The standard InChI is InChI=1S/C35H54N4O5/c1-6-16-29(35(44)37-30(33(42)31(40)7-2)24-27-19-14-11-15-20-27)36-34(43)28(23-26-17-12-10-13-18-26)25-32(41)38(5)21-22-39(8-3)9-4/h1,7,10,12-13,17-18,27-31,33,40,42H,2,8-9,11,14-16,19-25H2,3-5H3,(H,36,43)(H,37,44)/t28-,29+,30+,31+,33-/m1/s1. The van der Waals surface area contributed by atoms with Crippen LogP contribution in [0.5, 0.6) is 0 Å². The Morgan fingerprint density at radius 2 is 1.70 bits per heavy atom. The number of carbonyl (C=O) groups is 3. The van der Waals surface area contributed by atoms with Gasteiger partial charge in [-0.25, -0.2) is 0 Å². The molecule has 0 saturated heterocycles. The lowest BCUT2D eigenvalue weighted by molar-refractivity contribution is -0.136. The van der Waals surface area contributed by atoms with E-state index in [1.165, 1.54) is 12.5 Å². The first kappa shape index (κ1) is 37.0. The highest BCUT2D eigenvalue weighted by Gasteiger charge is 2.33. The summed E-state index contributed by atoms with van der Waals surface area (Å²) < 4.78 is 0. The van der Waals surface area contributed by atoms with E-state index in [9.17, 15) is 24.6 Å². The van der Waals surface area contributed by atoms with Crippen molar-refractivity contribution in [2.45, 2.75) is 95.9 Å². The molecular formula is C35H54N4O5. The molecule has 0 bridgehead atoms. The quantitative estimate of drug-likeness (QED) is 0.141. The molecule has 0 spiro atoms. The maximum atomic E-state index is 13.7. The third-order valence-electron chi connectivity index (χ3n) is 8.79. The molecule has 1 fully saturated rings. The number of hydrogen-bond donors (Lipinski definition) is 4. The number of amides is 3. The lowest BCUT2D eigenvalue weighted by Gasteiger charge is -2.32. The number of carbonyl (C=O) groups excluding carboxylic acids is 3. The van der Waals surface area contributed by atoms with Gasteiger partial charge in [0.15, 0.2) is 0 Å². The summed E-state index contributed by atoms with van der Waals surface area (Å²) in [5.41, 5.74) is 0.901. The third-order valence-corrected chi connectivity index (χ3v) is 8.79. The van der Waals surface area contributed by atoms with Crippen LogP contribution in [0.3, 0.4) is 0 Å². The van der Waals surface area contributed by atoms with E-state index in [0.29, 0.717) is 25.3 Å². The van der Waals surface area contributed by atoms with Crippen LogP contribution < -0.4 is 10.6 Å². The molecule has 2 rings (SSSR count). The van der Waals surface area contributed by atoms with Gasteiger partial charge in [0.25, 0.3) is 0 Å². The zero-order chi connectivity index (χ0) is 32.5. The van der Waals surface area contributed by atoms with Crippen LogP contribution in [0.15, 0.2) is 43.0 Å². The molecule has 3 amide bonds. The topological polar surface area (TPSA) is 122 Å². The van der Waals surface area contributed by atoms with Gasteiger partial charge in [0.1, 0.15) is 12.1 Å². The first-order valence-corrected chi connectivity index (χ1v) is 16.2. The van der Waals surface area contributed by atoms with Crippen LogP contribution in [0.2, 0.25) is 0 Å². The molecule has 9 heteroatoms. The van der Waals surface area contributed by atoms with Crippen LogP contribution in [0.4, 0.5) is 0 Å². The molecule has 1 aromatic carbocycles. The Hall–Kier alpha value is -3.19. The number of benzene rings is 1. The summed E-state index contributed by atoms with van der Waals surface area (Å²) in [6.45, 7) is 10.8. The maximum absolute atomic E-state index is 13.7. The molecule has 4 N–H and O–H groups in total. The van der Waals surface area contributed by atoms with E-state index >= 15 is 0 Å². The van der Waals surface area contributed by atoms with Crippen molar-refractivity contribution >= 4 is 17.7 Å². The van der Waals surface area contributed by atoms with Crippen LogP contribution in [-0.2, 0) is 20.8 Å². The fraction of sp³-hybridized carbons (Fsp3) is 0.629. The van der Waals surface area contributed by atoms with Crippen LogP contribution in [-0.4, -0.2) is 95.3 Å². The SMILES string of the molecule is C#CC[C@H](NC(=O)[C@@H](CC(=O)N(C)CCN(CC)CC)Cc1ccccc1)C(=O)N[C@@H](CC1CCCCC1)[C@@H](O)[C@@H](O)C=C. The zero-order valence-electron chi connectivity index (χ0n) is 26.9. The van der Waals surface area contributed by atoms with E-state index in [1.54, 1.807) is 11.9 Å². The van der Waals surface area contributed by atoms with Crippen molar-refractivity contribution < 1.29 is 24.6 Å². The fourth-order valence-corrected chi connectivity index (χ4v) is 5.82. The van der Waals surface area contributed by atoms with Gasteiger partial charge >= 0.3 is 0 Å². The normalized spacial score (nSPS) is 17.0. The molecule has 0 aromatic heterocycles. The van der Waals surface area contributed by atoms with Crippen LogP contribution in [0, 0.1) is 24.2 Å². The number of hydrogen-bond acceptors (Lipinski definition) is 6. The maximum Gasteiger partial charge on any atom is 0.243 e. The van der Waals surface area contributed by atoms with Gasteiger partial charge in [0.2, 0.25) is 17.7 Å². The van der Waals surface area contributed by atoms with Crippen molar-refractivity contribution in [3.05, 3.63) is 48.6 Å². The highest BCUT2D eigenvalue weighted by Crippen LogP contribution is 2.28. The van der Waals surface area contributed by atoms with Gasteiger partial charge in [0, 0.05) is 33.0 Å². The average Bonchev–Trinajstić information content (AvgIpc) is 3.04. The Labute approximate surface area is 264 Å². The van der Waals surface area contributed by atoms with Gasteiger partial charge in [-0.05, 0) is 37.4 Å². The van der Waals surface area contributed by atoms with Gasteiger partial charge < -0.3 is 30.6 Å². The number of likely N-dealkylation sites (N-methyl/N-ethyl adjacent to an activating group) is 2. The largest absolute Gasteiger partial charge is 0.388 e. The van der Waals surface area contributed by atoms with E-state index in [0.717, 1.165) is 50.9 Å². The minimum atomic E-state index is -1.25. The van der Waals surface area contributed by atoms with Crippen molar-refractivity contribution in [2.24, 2.45) is 11.8 Å². The molecule has 1 aliphatic carbocycles. The number of rotatable bonds is 19. The number of nitrogens with zero attached hydrogens (tertiary/aromatic N) is 2. The summed E-state index contributed by atoms with van der Waals surface area (Å²) in [6.07, 6.45) is 10.4. The Kier molecular flexibility index (Phi) is 16.8. The zero-order valence-corrected chi connectivity index (χ0v) is 26.9. The summed E-state index contributed by atoms with van der Waals surface area (Å²) in [5.74, 6) is 0.933. The molecule has 0 unspecified atom stereocenters. The van der Waals surface area contributed by atoms with Crippen LogP contribution >= 0.6 is 0 Å². The smallest absolute Gasteiger partial charge is 0.243 e. The van der Waals surface area contributed by atoms with Gasteiger partial charge in [-0.15, -0.1) is 18.9 Å². The predicted octanol–water partition coefficient (Wildman–Crippen LogP) is 2.91.